The van der Waals surface area contributed by atoms with E-state index in [2.05, 4.69) is 21.2 Å². The second-order valence-electron chi connectivity index (χ2n) is 4.60. The van der Waals surface area contributed by atoms with Gasteiger partial charge in [-0.05, 0) is 23.8 Å². The molecule has 1 saturated heterocycles. The van der Waals surface area contributed by atoms with E-state index in [1.807, 2.05) is 30.0 Å². The lowest BCUT2D eigenvalue weighted by Gasteiger charge is -2.22. The predicted octanol–water partition coefficient (Wildman–Crippen LogP) is 2.66. The van der Waals surface area contributed by atoms with Crippen molar-refractivity contribution in [2.75, 3.05) is 25.2 Å². The molecule has 1 heterocycles. The highest BCUT2D eigenvalue weighted by molar-refractivity contribution is 9.10. The molecule has 19 heavy (non-hydrogen) atoms. The van der Waals surface area contributed by atoms with Gasteiger partial charge in [0.2, 0.25) is 0 Å². The van der Waals surface area contributed by atoms with Crippen molar-refractivity contribution in [2.24, 2.45) is 0 Å². The minimum Gasteiger partial charge on any atom is -0.497 e. The van der Waals surface area contributed by atoms with Gasteiger partial charge in [0.1, 0.15) is 11.5 Å². The monoisotopic (exact) mass is 343 g/mol. The van der Waals surface area contributed by atoms with Crippen LogP contribution < -0.4 is 10.1 Å². The Hall–Kier alpha value is -0.520. The van der Waals surface area contributed by atoms with Gasteiger partial charge in [0.15, 0.2) is 0 Å². The average molecular weight is 344 g/mol. The smallest absolute Gasteiger partial charge is 0.138 e. The van der Waals surface area contributed by atoms with Crippen molar-refractivity contribution >= 4 is 33.5 Å². The summed E-state index contributed by atoms with van der Waals surface area (Å²) < 4.78 is 6.16. The summed E-state index contributed by atoms with van der Waals surface area (Å²) in [5.74, 6) is 3.24. The second-order valence-corrected chi connectivity index (χ2v) is 6.61. The van der Waals surface area contributed by atoms with E-state index in [1.165, 1.54) is 0 Å². The van der Waals surface area contributed by atoms with Crippen LogP contribution in [0.2, 0.25) is 0 Å². The molecule has 1 fully saturated rings. The summed E-state index contributed by atoms with van der Waals surface area (Å²) in [7, 11) is 1.64. The topological polar surface area (TPSA) is 38.3 Å². The van der Waals surface area contributed by atoms with Gasteiger partial charge < -0.3 is 10.1 Å². The van der Waals surface area contributed by atoms with Gasteiger partial charge in [0.25, 0.3) is 0 Å². The third-order valence-corrected chi connectivity index (χ3v) is 5.02. The Morgan fingerprint density at radius 3 is 3.11 bits per heavy atom. The average Bonchev–Trinajstić information content (AvgIpc) is 2.42. The molecule has 2 rings (SSSR count). The molecule has 0 amide bonds. The van der Waals surface area contributed by atoms with E-state index in [0.29, 0.717) is 18.9 Å². The quantitative estimate of drug-likeness (QED) is 0.891. The fraction of sp³-hybridized carbons (Fsp3) is 0.500. The van der Waals surface area contributed by atoms with Crippen molar-refractivity contribution in [1.82, 2.24) is 5.32 Å². The van der Waals surface area contributed by atoms with E-state index >= 15 is 0 Å². The Kier molecular flexibility index (Phi) is 5.73. The molecular weight excluding hydrogens is 326 g/mol. The number of ketones is 1. The molecule has 0 radical (unpaired) electrons. The lowest BCUT2D eigenvalue weighted by Crippen LogP contribution is -2.39. The molecular formula is C14H18BrNO2S. The number of ether oxygens (including phenoxy) is 1. The number of methoxy groups -OCH3 is 1. The molecule has 0 aromatic heterocycles. The van der Waals surface area contributed by atoms with Crippen LogP contribution in [0.25, 0.3) is 0 Å². The minimum absolute atomic E-state index is 0.272. The maximum absolute atomic E-state index is 12.1. The lowest BCUT2D eigenvalue weighted by molar-refractivity contribution is -0.118. The Balaban J connectivity index is 1.94. The molecule has 0 saturated carbocycles. The highest BCUT2D eigenvalue weighted by Gasteiger charge is 2.17. The Labute approximate surface area is 126 Å². The van der Waals surface area contributed by atoms with E-state index in [9.17, 15) is 4.79 Å². The Morgan fingerprint density at radius 1 is 1.58 bits per heavy atom. The summed E-state index contributed by atoms with van der Waals surface area (Å²) in [6.45, 7) is 1.01. The van der Waals surface area contributed by atoms with Crippen LogP contribution in [-0.4, -0.2) is 37.0 Å². The number of benzene rings is 1. The molecule has 0 spiro atoms. The summed E-state index contributed by atoms with van der Waals surface area (Å²) in [4.78, 5) is 12.1. The van der Waals surface area contributed by atoms with Crippen LogP contribution in [0.15, 0.2) is 22.7 Å². The molecule has 0 aliphatic carbocycles. The summed E-state index contributed by atoms with van der Waals surface area (Å²) in [6.07, 6.45) is 1.07. The van der Waals surface area contributed by atoms with E-state index in [4.69, 9.17) is 4.74 Å². The van der Waals surface area contributed by atoms with Crippen LogP contribution in [0.1, 0.15) is 12.0 Å². The first-order valence-corrected chi connectivity index (χ1v) is 8.29. The van der Waals surface area contributed by atoms with Crippen molar-refractivity contribution in [3.8, 4) is 5.75 Å². The zero-order chi connectivity index (χ0) is 13.7. The zero-order valence-electron chi connectivity index (χ0n) is 10.9. The lowest BCUT2D eigenvalue weighted by atomic mass is 10.0. The van der Waals surface area contributed by atoms with Gasteiger partial charge in [-0.1, -0.05) is 15.9 Å². The van der Waals surface area contributed by atoms with E-state index < -0.39 is 0 Å². The van der Waals surface area contributed by atoms with Crippen LogP contribution in [-0.2, 0) is 11.2 Å². The van der Waals surface area contributed by atoms with E-state index in [-0.39, 0.29) is 5.78 Å². The summed E-state index contributed by atoms with van der Waals surface area (Å²) in [5.41, 5.74) is 0.993. The van der Waals surface area contributed by atoms with Gasteiger partial charge in [0.05, 0.1) is 7.11 Å². The van der Waals surface area contributed by atoms with Crippen LogP contribution in [0.3, 0.4) is 0 Å². The number of carbonyl (C=O) groups is 1. The van der Waals surface area contributed by atoms with E-state index in [1.54, 1.807) is 7.11 Å². The van der Waals surface area contributed by atoms with Crippen LogP contribution in [0, 0.1) is 0 Å². The van der Waals surface area contributed by atoms with Crippen LogP contribution >= 0.6 is 27.7 Å². The van der Waals surface area contributed by atoms with Crippen molar-refractivity contribution in [2.45, 2.75) is 18.9 Å². The predicted molar refractivity (Wildman–Crippen MR) is 83.1 cm³/mol. The fourth-order valence-corrected chi connectivity index (χ4v) is 3.46. The Morgan fingerprint density at radius 2 is 2.42 bits per heavy atom. The first-order chi connectivity index (χ1) is 9.19. The molecule has 3 nitrogen and oxygen atoms in total. The molecule has 1 aromatic carbocycles. The largest absolute Gasteiger partial charge is 0.497 e. The number of thioether (sulfide) groups is 1. The SMILES string of the molecule is COc1ccc(Br)c(CC(=O)CC2CSCCN2)c1. The standard InChI is InChI=1S/C14H18BrNO2S/c1-18-13-2-3-14(15)10(7-13)6-12(17)8-11-9-19-5-4-16-11/h2-3,7,11,16H,4-6,8-9H2,1H3. The number of nitrogens with one attached hydrogen (secondary N) is 1. The summed E-state index contributed by atoms with van der Waals surface area (Å²) >= 11 is 5.40. The molecule has 1 aromatic rings. The van der Waals surface area contributed by atoms with Crippen molar-refractivity contribution in [1.29, 1.82) is 0 Å². The number of Topliss-reactive ketones (excluding diaryl/α,β-unsaturated/α-hetero) is 1. The molecule has 1 atom stereocenters. The number of hydrogen-bond donors (Lipinski definition) is 1. The minimum atomic E-state index is 0.272. The summed E-state index contributed by atoms with van der Waals surface area (Å²) in [5, 5.41) is 3.39. The number of hydrogen-bond acceptors (Lipinski definition) is 4. The fourth-order valence-electron chi connectivity index (χ4n) is 2.12. The highest BCUT2D eigenvalue weighted by Crippen LogP contribution is 2.23. The van der Waals surface area contributed by atoms with Crippen molar-refractivity contribution < 1.29 is 9.53 Å². The Bertz CT molecular complexity index is 447. The van der Waals surface area contributed by atoms with Gasteiger partial charge in [-0.2, -0.15) is 11.8 Å². The molecule has 1 aliphatic heterocycles. The van der Waals surface area contributed by atoms with Gasteiger partial charge in [-0.3, -0.25) is 4.79 Å². The summed E-state index contributed by atoms with van der Waals surface area (Å²) in [6, 6.07) is 6.06. The van der Waals surface area contributed by atoms with Gasteiger partial charge in [-0.15, -0.1) is 0 Å². The molecule has 0 bridgehead atoms. The first kappa shape index (κ1) is 14.9. The highest BCUT2D eigenvalue weighted by atomic mass is 79.9. The van der Waals surface area contributed by atoms with Crippen molar-refractivity contribution in [3.05, 3.63) is 28.2 Å². The van der Waals surface area contributed by atoms with Crippen LogP contribution in [0.4, 0.5) is 0 Å². The molecule has 5 heteroatoms. The van der Waals surface area contributed by atoms with Gasteiger partial charge >= 0.3 is 0 Å². The van der Waals surface area contributed by atoms with Crippen LogP contribution in [0.5, 0.6) is 5.75 Å². The first-order valence-electron chi connectivity index (χ1n) is 6.34. The zero-order valence-corrected chi connectivity index (χ0v) is 13.4. The third kappa shape index (κ3) is 4.51. The van der Waals surface area contributed by atoms with Crippen molar-refractivity contribution in [3.63, 3.8) is 0 Å². The van der Waals surface area contributed by atoms with Gasteiger partial charge in [-0.25, -0.2) is 0 Å². The molecule has 1 aliphatic rings. The number of rotatable bonds is 5. The second kappa shape index (κ2) is 7.31. The maximum Gasteiger partial charge on any atom is 0.138 e. The normalized spacial score (nSPS) is 19.2. The van der Waals surface area contributed by atoms with Gasteiger partial charge in [0, 0.05) is 41.4 Å². The molecule has 104 valence electrons. The molecule has 1 N–H and O–H groups in total. The molecule has 1 unspecified atom stereocenters. The third-order valence-electron chi connectivity index (χ3n) is 3.11. The maximum atomic E-state index is 12.1. The number of halogens is 1. The van der Waals surface area contributed by atoms with E-state index in [0.717, 1.165) is 33.8 Å². The number of carbonyl (C=O) groups excluding carboxylic acids is 1.